The van der Waals surface area contributed by atoms with Gasteiger partial charge < -0.3 is 4.98 Å². The van der Waals surface area contributed by atoms with Crippen molar-refractivity contribution in [3.05, 3.63) is 26.7 Å². The Kier molecular flexibility index (Phi) is 1.54. The van der Waals surface area contributed by atoms with Crippen LogP contribution in [0.3, 0.4) is 0 Å². The van der Waals surface area contributed by atoms with Gasteiger partial charge in [0.05, 0.1) is 0 Å². The molecule has 0 atom stereocenters. The summed E-state index contributed by atoms with van der Waals surface area (Å²) in [7, 11) is 0. The second kappa shape index (κ2) is 2.58. The monoisotopic (exact) mass is 180 g/mol. The molecule has 6 nitrogen and oxygen atoms in total. The van der Waals surface area contributed by atoms with E-state index in [1.54, 1.807) is 0 Å². The lowest BCUT2D eigenvalue weighted by molar-refractivity contribution is 0.996. The van der Waals surface area contributed by atoms with Crippen molar-refractivity contribution in [3.8, 4) is 0 Å². The Bertz CT molecular complexity index is 547. The quantitative estimate of drug-likeness (QED) is 0.552. The fraction of sp³-hybridized carbons (Fsp3) is 0.286. The molecule has 0 fully saturated rings. The van der Waals surface area contributed by atoms with Crippen molar-refractivity contribution >= 4 is 11.2 Å². The minimum atomic E-state index is -0.536. The second-order valence-corrected chi connectivity index (χ2v) is 2.67. The van der Waals surface area contributed by atoms with Gasteiger partial charge in [-0.3, -0.25) is 14.8 Å². The summed E-state index contributed by atoms with van der Waals surface area (Å²) in [5, 5.41) is 0. The summed E-state index contributed by atoms with van der Waals surface area (Å²) >= 11 is 0. The molecule has 2 heterocycles. The van der Waals surface area contributed by atoms with Gasteiger partial charge in [-0.25, -0.2) is 9.78 Å². The average Bonchev–Trinajstić information content (AvgIpc) is 2.47. The molecule has 6 heteroatoms. The molecule has 2 rings (SSSR count). The number of nitrogens with zero attached hydrogens (tertiary/aromatic N) is 1. The van der Waals surface area contributed by atoms with E-state index in [1.807, 2.05) is 6.92 Å². The number of aromatic nitrogens is 4. The standard InChI is InChI=1S/C7H8N4O2/c1-2-3-8-4-5(9-3)10-7(13)11-6(4)12/h2H2,1H3,(H3,8,9,10,11,12,13). The zero-order valence-electron chi connectivity index (χ0n) is 6.97. The molecule has 0 aromatic carbocycles. The molecule has 68 valence electrons. The zero-order valence-corrected chi connectivity index (χ0v) is 6.97. The maximum Gasteiger partial charge on any atom is 0.327 e. The third kappa shape index (κ3) is 1.16. The first kappa shape index (κ1) is 7.78. The van der Waals surface area contributed by atoms with Crippen LogP contribution in [0.5, 0.6) is 0 Å². The molecule has 0 unspecified atom stereocenters. The van der Waals surface area contributed by atoms with Crippen molar-refractivity contribution in [2.75, 3.05) is 0 Å². The molecule has 0 saturated carbocycles. The van der Waals surface area contributed by atoms with Crippen molar-refractivity contribution in [2.45, 2.75) is 13.3 Å². The van der Waals surface area contributed by atoms with E-state index in [2.05, 4.69) is 19.9 Å². The summed E-state index contributed by atoms with van der Waals surface area (Å²) < 4.78 is 0. The van der Waals surface area contributed by atoms with E-state index in [9.17, 15) is 9.59 Å². The van der Waals surface area contributed by atoms with E-state index >= 15 is 0 Å². The maximum absolute atomic E-state index is 11.2. The van der Waals surface area contributed by atoms with Gasteiger partial charge in [0, 0.05) is 6.42 Å². The Labute approximate surface area is 72.0 Å². The van der Waals surface area contributed by atoms with Crippen LogP contribution in [0.2, 0.25) is 0 Å². The van der Waals surface area contributed by atoms with Crippen molar-refractivity contribution in [1.29, 1.82) is 0 Å². The van der Waals surface area contributed by atoms with E-state index in [-0.39, 0.29) is 0 Å². The number of aromatic amines is 3. The summed E-state index contributed by atoms with van der Waals surface area (Å²) in [5.41, 5.74) is -0.348. The van der Waals surface area contributed by atoms with Gasteiger partial charge in [-0.2, -0.15) is 0 Å². The van der Waals surface area contributed by atoms with Crippen LogP contribution in [0.4, 0.5) is 0 Å². The smallest absolute Gasteiger partial charge is 0.327 e. The van der Waals surface area contributed by atoms with Crippen LogP contribution in [0, 0.1) is 0 Å². The lowest BCUT2D eigenvalue weighted by Crippen LogP contribution is -2.21. The van der Waals surface area contributed by atoms with E-state index < -0.39 is 11.2 Å². The molecule has 13 heavy (non-hydrogen) atoms. The Morgan fingerprint density at radius 1 is 1.23 bits per heavy atom. The molecule has 0 spiro atoms. The van der Waals surface area contributed by atoms with Crippen LogP contribution in [0.15, 0.2) is 9.59 Å². The molecule has 0 aliphatic rings. The summed E-state index contributed by atoms with van der Waals surface area (Å²) in [6.45, 7) is 1.91. The lowest BCUT2D eigenvalue weighted by atomic mass is 10.5. The van der Waals surface area contributed by atoms with Gasteiger partial charge in [0.2, 0.25) is 0 Å². The molecule has 0 bridgehead atoms. The number of aryl methyl sites for hydroxylation is 1. The highest BCUT2D eigenvalue weighted by Gasteiger charge is 2.05. The number of H-pyrrole nitrogens is 3. The summed E-state index contributed by atoms with van der Waals surface area (Å²) in [4.78, 5) is 33.4. The SMILES string of the molecule is CCc1nc2[nH]c(=O)[nH]c(=O)c2[nH]1. The molecule has 0 aliphatic carbocycles. The third-order valence-corrected chi connectivity index (χ3v) is 1.77. The zero-order chi connectivity index (χ0) is 9.42. The van der Waals surface area contributed by atoms with E-state index in [4.69, 9.17) is 0 Å². The number of imidazole rings is 1. The highest BCUT2D eigenvalue weighted by atomic mass is 16.2. The number of rotatable bonds is 1. The molecular weight excluding hydrogens is 172 g/mol. The van der Waals surface area contributed by atoms with Crippen molar-refractivity contribution in [2.24, 2.45) is 0 Å². The highest BCUT2D eigenvalue weighted by molar-refractivity contribution is 5.68. The number of nitrogens with one attached hydrogen (secondary N) is 3. The molecule has 0 saturated heterocycles. The number of hydrogen-bond acceptors (Lipinski definition) is 3. The molecule has 2 aromatic heterocycles. The van der Waals surface area contributed by atoms with Crippen LogP contribution in [-0.2, 0) is 6.42 Å². The Balaban J connectivity index is 2.91. The Morgan fingerprint density at radius 3 is 2.69 bits per heavy atom. The molecular formula is C7H8N4O2. The van der Waals surface area contributed by atoms with Gasteiger partial charge in [0.15, 0.2) is 5.65 Å². The van der Waals surface area contributed by atoms with Gasteiger partial charge >= 0.3 is 5.69 Å². The second-order valence-electron chi connectivity index (χ2n) is 2.67. The summed E-state index contributed by atoms with van der Waals surface area (Å²) in [6.07, 6.45) is 0.691. The molecule has 0 amide bonds. The third-order valence-electron chi connectivity index (χ3n) is 1.77. The largest absolute Gasteiger partial charge is 0.336 e. The van der Waals surface area contributed by atoms with Crippen molar-refractivity contribution < 1.29 is 0 Å². The number of hydrogen-bond donors (Lipinski definition) is 3. The van der Waals surface area contributed by atoms with Gasteiger partial charge in [-0.1, -0.05) is 6.92 Å². The average molecular weight is 180 g/mol. The predicted octanol–water partition coefficient (Wildman–Crippen LogP) is -0.498. The van der Waals surface area contributed by atoms with Gasteiger partial charge in [0.1, 0.15) is 11.3 Å². The number of fused-ring (bicyclic) bond motifs is 1. The van der Waals surface area contributed by atoms with Crippen molar-refractivity contribution in [3.63, 3.8) is 0 Å². The fourth-order valence-electron chi connectivity index (χ4n) is 1.15. The fourth-order valence-corrected chi connectivity index (χ4v) is 1.15. The normalized spacial score (nSPS) is 10.8. The molecule has 0 radical (unpaired) electrons. The summed E-state index contributed by atoms with van der Waals surface area (Å²) in [6, 6.07) is 0. The van der Waals surface area contributed by atoms with Gasteiger partial charge in [-0.05, 0) is 0 Å². The first-order valence-electron chi connectivity index (χ1n) is 3.92. The van der Waals surface area contributed by atoms with E-state index in [0.717, 1.165) is 0 Å². The minimum absolute atomic E-state index is 0.311. The van der Waals surface area contributed by atoms with Crippen LogP contribution in [0.1, 0.15) is 12.7 Å². The predicted molar refractivity (Wildman–Crippen MR) is 46.7 cm³/mol. The lowest BCUT2D eigenvalue weighted by Gasteiger charge is -1.83. The van der Waals surface area contributed by atoms with Crippen LogP contribution >= 0.6 is 0 Å². The molecule has 3 N–H and O–H groups in total. The molecule has 0 aliphatic heterocycles. The summed E-state index contributed by atoms with van der Waals surface area (Å²) in [5.74, 6) is 0.683. The van der Waals surface area contributed by atoms with Crippen molar-refractivity contribution in [1.82, 2.24) is 19.9 Å². The van der Waals surface area contributed by atoms with Crippen LogP contribution in [0.25, 0.3) is 11.2 Å². The van der Waals surface area contributed by atoms with E-state index in [1.165, 1.54) is 0 Å². The van der Waals surface area contributed by atoms with Gasteiger partial charge in [0.25, 0.3) is 5.56 Å². The first-order chi connectivity index (χ1) is 6.20. The van der Waals surface area contributed by atoms with Crippen LogP contribution < -0.4 is 11.2 Å². The maximum atomic E-state index is 11.2. The topological polar surface area (TPSA) is 94.4 Å². The highest BCUT2D eigenvalue weighted by Crippen LogP contribution is 2.00. The van der Waals surface area contributed by atoms with E-state index in [0.29, 0.717) is 23.4 Å². The first-order valence-corrected chi connectivity index (χ1v) is 3.92. The Hall–Kier alpha value is -1.85. The van der Waals surface area contributed by atoms with Gasteiger partial charge in [-0.15, -0.1) is 0 Å². The van der Waals surface area contributed by atoms with Crippen LogP contribution in [-0.4, -0.2) is 19.9 Å². The minimum Gasteiger partial charge on any atom is -0.336 e. The Morgan fingerprint density at radius 2 is 2.00 bits per heavy atom. The molecule has 2 aromatic rings.